The minimum absolute atomic E-state index is 0.767. The zero-order chi connectivity index (χ0) is 13.3. The Morgan fingerprint density at radius 3 is 2.72 bits per heavy atom. The van der Waals surface area contributed by atoms with Gasteiger partial charge in [0.05, 0.1) is 5.69 Å². The van der Waals surface area contributed by atoms with Crippen molar-refractivity contribution in [2.75, 3.05) is 5.73 Å². The van der Waals surface area contributed by atoms with Crippen LogP contribution >= 0.6 is 15.9 Å². The number of nitrogens with two attached hydrogens (primary N) is 1. The van der Waals surface area contributed by atoms with Gasteiger partial charge in [-0.1, -0.05) is 41.4 Å². The standard InChI is InChI=1S/C14H18BrN3/c1-4-5-11-13(17-18(3)14(11)16)10-7-6-9(2)12(15)8-10/h6-8H,4-5,16H2,1-3H3. The lowest BCUT2D eigenvalue weighted by atomic mass is 10.0. The summed E-state index contributed by atoms with van der Waals surface area (Å²) in [6.45, 7) is 4.23. The predicted molar refractivity (Wildman–Crippen MR) is 79.5 cm³/mol. The second-order valence-electron chi connectivity index (χ2n) is 4.55. The summed E-state index contributed by atoms with van der Waals surface area (Å²) in [5, 5.41) is 4.54. The van der Waals surface area contributed by atoms with E-state index in [9.17, 15) is 0 Å². The van der Waals surface area contributed by atoms with Crippen LogP contribution in [0.5, 0.6) is 0 Å². The van der Waals surface area contributed by atoms with Gasteiger partial charge in [-0.3, -0.25) is 4.68 Å². The highest BCUT2D eigenvalue weighted by atomic mass is 79.9. The van der Waals surface area contributed by atoms with Crippen LogP contribution in [0, 0.1) is 6.92 Å². The molecule has 0 spiro atoms. The fourth-order valence-electron chi connectivity index (χ4n) is 2.05. The molecule has 3 nitrogen and oxygen atoms in total. The normalized spacial score (nSPS) is 10.9. The quantitative estimate of drug-likeness (QED) is 0.939. The van der Waals surface area contributed by atoms with Crippen molar-refractivity contribution in [3.63, 3.8) is 0 Å². The molecule has 0 aliphatic heterocycles. The maximum Gasteiger partial charge on any atom is 0.125 e. The zero-order valence-corrected chi connectivity index (χ0v) is 12.6. The van der Waals surface area contributed by atoms with Crippen LogP contribution in [0.4, 0.5) is 5.82 Å². The van der Waals surface area contributed by atoms with Crippen LogP contribution in [-0.4, -0.2) is 9.78 Å². The molecule has 0 amide bonds. The van der Waals surface area contributed by atoms with Gasteiger partial charge in [-0.2, -0.15) is 5.10 Å². The molecule has 0 fully saturated rings. The van der Waals surface area contributed by atoms with E-state index >= 15 is 0 Å². The highest BCUT2D eigenvalue weighted by molar-refractivity contribution is 9.10. The van der Waals surface area contributed by atoms with Crippen LogP contribution in [-0.2, 0) is 13.5 Å². The van der Waals surface area contributed by atoms with E-state index < -0.39 is 0 Å². The van der Waals surface area contributed by atoms with E-state index in [1.807, 2.05) is 7.05 Å². The van der Waals surface area contributed by atoms with Gasteiger partial charge in [0.25, 0.3) is 0 Å². The van der Waals surface area contributed by atoms with Gasteiger partial charge in [0.1, 0.15) is 5.82 Å². The van der Waals surface area contributed by atoms with Gasteiger partial charge in [-0.05, 0) is 25.0 Å². The van der Waals surface area contributed by atoms with Crippen molar-refractivity contribution >= 4 is 21.7 Å². The largest absolute Gasteiger partial charge is 0.384 e. The first-order chi connectivity index (χ1) is 8.54. The van der Waals surface area contributed by atoms with Crippen molar-refractivity contribution < 1.29 is 0 Å². The van der Waals surface area contributed by atoms with Crippen LogP contribution in [0.15, 0.2) is 22.7 Å². The summed E-state index contributed by atoms with van der Waals surface area (Å²) in [5.74, 6) is 0.767. The SMILES string of the molecule is CCCc1c(-c2ccc(C)c(Br)c2)nn(C)c1N. The molecule has 18 heavy (non-hydrogen) atoms. The third-order valence-electron chi connectivity index (χ3n) is 3.14. The highest BCUT2D eigenvalue weighted by Gasteiger charge is 2.15. The summed E-state index contributed by atoms with van der Waals surface area (Å²) in [7, 11) is 1.89. The lowest BCUT2D eigenvalue weighted by Crippen LogP contribution is -1.99. The molecule has 0 saturated carbocycles. The van der Waals surface area contributed by atoms with E-state index in [4.69, 9.17) is 5.73 Å². The molecular weight excluding hydrogens is 290 g/mol. The molecule has 2 aromatic rings. The van der Waals surface area contributed by atoms with Gasteiger partial charge in [-0.15, -0.1) is 0 Å². The van der Waals surface area contributed by atoms with Crippen molar-refractivity contribution in [3.05, 3.63) is 33.8 Å². The number of aryl methyl sites for hydroxylation is 2. The van der Waals surface area contributed by atoms with Crippen LogP contribution in [0.2, 0.25) is 0 Å². The Bertz CT molecular complexity index is 573. The number of anilines is 1. The lowest BCUT2D eigenvalue weighted by molar-refractivity contribution is 0.781. The molecule has 0 atom stereocenters. The van der Waals surface area contributed by atoms with Gasteiger partial charge in [0, 0.05) is 22.6 Å². The molecule has 1 heterocycles. The molecule has 0 radical (unpaired) electrons. The molecule has 1 aromatic heterocycles. The molecular formula is C14H18BrN3. The number of halogens is 1. The average Bonchev–Trinajstić information content (AvgIpc) is 2.61. The van der Waals surface area contributed by atoms with E-state index in [1.165, 1.54) is 5.56 Å². The first kappa shape index (κ1) is 13.1. The summed E-state index contributed by atoms with van der Waals surface area (Å²) < 4.78 is 2.86. The maximum atomic E-state index is 6.08. The Labute approximate surface area is 116 Å². The summed E-state index contributed by atoms with van der Waals surface area (Å²) in [5.41, 5.74) is 10.6. The smallest absolute Gasteiger partial charge is 0.125 e. The van der Waals surface area contributed by atoms with Crippen LogP contribution in [0.1, 0.15) is 24.5 Å². The Morgan fingerprint density at radius 1 is 1.39 bits per heavy atom. The van der Waals surface area contributed by atoms with Crippen molar-refractivity contribution in [3.8, 4) is 11.3 Å². The fourth-order valence-corrected chi connectivity index (χ4v) is 2.43. The topological polar surface area (TPSA) is 43.8 Å². The maximum absolute atomic E-state index is 6.08. The Balaban J connectivity index is 2.55. The molecule has 0 unspecified atom stereocenters. The summed E-state index contributed by atoms with van der Waals surface area (Å²) in [6, 6.07) is 6.30. The van der Waals surface area contributed by atoms with Crippen molar-refractivity contribution in [2.45, 2.75) is 26.7 Å². The Kier molecular flexibility index (Phi) is 3.76. The number of hydrogen-bond donors (Lipinski definition) is 1. The molecule has 1 aromatic carbocycles. The molecule has 2 N–H and O–H groups in total. The number of rotatable bonds is 3. The monoisotopic (exact) mass is 307 g/mol. The van der Waals surface area contributed by atoms with Gasteiger partial charge >= 0.3 is 0 Å². The number of hydrogen-bond acceptors (Lipinski definition) is 2. The zero-order valence-electron chi connectivity index (χ0n) is 11.0. The van der Waals surface area contributed by atoms with Crippen molar-refractivity contribution in [1.29, 1.82) is 0 Å². The molecule has 4 heteroatoms. The minimum atomic E-state index is 0.767. The van der Waals surface area contributed by atoms with E-state index in [0.29, 0.717) is 0 Å². The number of aromatic nitrogens is 2. The second kappa shape index (κ2) is 5.14. The number of nitrogens with zero attached hydrogens (tertiary/aromatic N) is 2. The van der Waals surface area contributed by atoms with E-state index in [-0.39, 0.29) is 0 Å². The molecule has 96 valence electrons. The summed E-state index contributed by atoms with van der Waals surface area (Å²) >= 11 is 3.57. The molecule has 0 saturated heterocycles. The van der Waals surface area contributed by atoms with Crippen molar-refractivity contribution in [1.82, 2.24) is 9.78 Å². The summed E-state index contributed by atoms with van der Waals surface area (Å²) in [6.07, 6.45) is 2.02. The van der Waals surface area contributed by atoms with Gasteiger partial charge in [0.15, 0.2) is 0 Å². The third kappa shape index (κ3) is 2.29. The Hall–Kier alpha value is -1.29. The minimum Gasteiger partial charge on any atom is -0.384 e. The summed E-state index contributed by atoms with van der Waals surface area (Å²) in [4.78, 5) is 0. The lowest BCUT2D eigenvalue weighted by Gasteiger charge is -2.04. The van der Waals surface area contributed by atoms with Crippen LogP contribution in [0.25, 0.3) is 11.3 Å². The number of benzene rings is 1. The van der Waals surface area contributed by atoms with E-state index in [0.717, 1.165) is 40.0 Å². The Morgan fingerprint density at radius 2 is 2.11 bits per heavy atom. The predicted octanol–water partition coefficient (Wildman–Crippen LogP) is 3.69. The first-order valence-electron chi connectivity index (χ1n) is 6.12. The van der Waals surface area contributed by atoms with Crippen LogP contribution in [0.3, 0.4) is 0 Å². The van der Waals surface area contributed by atoms with Crippen LogP contribution < -0.4 is 5.73 Å². The van der Waals surface area contributed by atoms with E-state index in [2.05, 4.69) is 53.1 Å². The average molecular weight is 308 g/mol. The molecule has 0 aliphatic rings. The molecule has 0 aliphatic carbocycles. The van der Waals surface area contributed by atoms with Gasteiger partial charge < -0.3 is 5.73 Å². The highest BCUT2D eigenvalue weighted by Crippen LogP contribution is 2.30. The van der Waals surface area contributed by atoms with E-state index in [1.54, 1.807) is 4.68 Å². The van der Waals surface area contributed by atoms with Gasteiger partial charge in [-0.25, -0.2) is 0 Å². The molecule has 0 bridgehead atoms. The molecule has 2 rings (SSSR count). The van der Waals surface area contributed by atoms with Gasteiger partial charge in [0.2, 0.25) is 0 Å². The third-order valence-corrected chi connectivity index (χ3v) is 3.99. The van der Waals surface area contributed by atoms with Crippen molar-refractivity contribution in [2.24, 2.45) is 7.05 Å². The second-order valence-corrected chi connectivity index (χ2v) is 5.40. The first-order valence-corrected chi connectivity index (χ1v) is 6.91. The fraction of sp³-hybridized carbons (Fsp3) is 0.357. The number of nitrogen functional groups attached to an aromatic ring is 1.